The molecule has 0 spiro atoms. The molecule has 0 bridgehead atoms. The summed E-state index contributed by atoms with van der Waals surface area (Å²) in [6, 6.07) is 23.8. The Kier molecular flexibility index (Phi) is 15.3. The number of H-pyrrole nitrogens is 1. The van der Waals surface area contributed by atoms with Gasteiger partial charge in [0.05, 0.1) is 17.8 Å². The maximum Gasteiger partial charge on any atom is 0.410 e. The topological polar surface area (TPSA) is 179 Å². The van der Waals surface area contributed by atoms with E-state index in [1.54, 1.807) is 39.1 Å². The minimum atomic E-state index is -2.25. The molecular formula is C50H67N5O8Si. The number of nitrogens with one attached hydrogen (secondary N) is 3. The molecule has 344 valence electrons. The van der Waals surface area contributed by atoms with Gasteiger partial charge in [0.15, 0.2) is 13.9 Å². The van der Waals surface area contributed by atoms with E-state index in [1.165, 1.54) is 11.0 Å². The molecule has 5 N–H and O–H groups in total. The summed E-state index contributed by atoms with van der Waals surface area (Å²) in [5.74, 6) is 0.503. The zero-order chi connectivity index (χ0) is 46.3. The number of ether oxygens (including phenoxy) is 1. The molecule has 14 heteroatoms. The number of hydrogen-bond acceptors (Lipinski definition) is 10. The molecule has 3 aromatic carbocycles. The van der Waals surface area contributed by atoms with Gasteiger partial charge in [-0.15, -0.1) is 0 Å². The summed E-state index contributed by atoms with van der Waals surface area (Å²) >= 11 is 0. The van der Waals surface area contributed by atoms with Gasteiger partial charge in [0.2, 0.25) is 17.4 Å². The van der Waals surface area contributed by atoms with Crippen LogP contribution in [0.5, 0.6) is 5.75 Å². The first kappa shape index (κ1) is 48.2. The minimum absolute atomic E-state index is 0.00334. The molecule has 2 aromatic heterocycles. The van der Waals surface area contributed by atoms with Gasteiger partial charge in [-0.2, -0.15) is 0 Å². The molecular weight excluding hydrogens is 827 g/mol. The molecule has 1 aliphatic carbocycles. The molecule has 2 amide bonds. The molecule has 0 aliphatic heterocycles. The van der Waals surface area contributed by atoms with Gasteiger partial charge in [0.25, 0.3) is 0 Å². The Morgan fingerprint density at radius 2 is 1.64 bits per heavy atom. The number of phenols is 1. The van der Waals surface area contributed by atoms with Gasteiger partial charge in [-0.25, -0.2) is 9.78 Å². The van der Waals surface area contributed by atoms with Crippen LogP contribution in [0.2, 0.25) is 18.1 Å². The van der Waals surface area contributed by atoms with Crippen molar-refractivity contribution in [1.29, 1.82) is 0 Å². The van der Waals surface area contributed by atoms with Gasteiger partial charge in [-0.05, 0) is 92.7 Å². The number of carbonyl (C=O) groups is 2. The highest BCUT2D eigenvalue weighted by molar-refractivity contribution is 6.74. The number of aliphatic hydroxyl groups is 1. The number of amides is 2. The summed E-state index contributed by atoms with van der Waals surface area (Å²) in [7, 11) is -2.25. The van der Waals surface area contributed by atoms with Crippen LogP contribution in [0.3, 0.4) is 0 Å². The number of aromatic hydroxyl groups is 1. The molecule has 2 heterocycles. The Balaban J connectivity index is 1.06. The zero-order valence-electron chi connectivity index (χ0n) is 38.8. The summed E-state index contributed by atoms with van der Waals surface area (Å²) in [6.45, 7) is 17.7. The van der Waals surface area contributed by atoms with Crippen molar-refractivity contribution in [2.75, 3.05) is 25.0 Å². The molecule has 64 heavy (non-hydrogen) atoms. The number of benzene rings is 3. The van der Waals surface area contributed by atoms with Crippen molar-refractivity contribution in [3.63, 3.8) is 0 Å². The average Bonchev–Trinajstić information content (AvgIpc) is 3.73. The van der Waals surface area contributed by atoms with Gasteiger partial charge >= 0.3 is 6.09 Å². The van der Waals surface area contributed by atoms with Crippen LogP contribution in [0, 0.1) is 5.92 Å². The van der Waals surface area contributed by atoms with E-state index < -0.39 is 25.6 Å². The van der Waals surface area contributed by atoms with Crippen molar-refractivity contribution in [2.45, 2.75) is 128 Å². The SMILES string of the molecule is CC(C)(C)OC(=O)N(CCC(=O)Nc1ccc(CNC[C@H](O[Si](C)(C)C(C)(C)C)c2ccc(O)c3[nH]c(=O)ccc23)cc1)CCc1cnc([C@](O)(c2ccccc2)C2CCCCC2)o1. The normalized spacial score (nSPS) is 15.4. The zero-order valence-corrected chi connectivity index (χ0v) is 39.8. The first-order valence-electron chi connectivity index (χ1n) is 22.6. The van der Waals surface area contributed by atoms with Gasteiger partial charge < -0.3 is 44.3 Å². The largest absolute Gasteiger partial charge is 0.506 e. The molecule has 1 fully saturated rings. The van der Waals surface area contributed by atoms with Crippen LogP contribution >= 0.6 is 0 Å². The number of carbonyl (C=O) groups excluding carboxylic acids is 2. The molecule has 0 radical (unpaired) electrons. The second-order valence-electron chi connectivity index (χ2n) is 19.6. The number of aromatic nitrogens is 2. The molecule has 2 atom stereocenters. The van der Waals surface area contributed by atoms with Crippen LogP contribution < -0.4 is 16.2 Å². The summed E-state index contributed by atoms with van der Waals surface area (Å²) in [6.07, 6.45) is 6.05. The van der Waals surface area contributed by atoms with E-state index >= 15 is 0 Å². The van der Waals surface area contributed by atoms with Crippen molar-refractivity contribution in [2.24, 2.45) is 5.92 Å². The quantitative estimate of drug-likeness (QED) is 0.0565. The second-order valence-corrected chi connectivity index (χ2v) is 24.4. The third kappa shape index (κ3) is 12.1. The van der Waals surface area contributed by atoms with Crippen molar-refractivity contribution >= 4 is 36.9 Å². The summed E-state index contributed by atoms with van der Waals surface area (Å²) < 4.78 is 18.9. The van der Waals surface area contributed by atoms with Gasteiger partial charge in [0, 0.05) is 62.1 Å². The fraction of sp³-hybridized carbons (Fsp3) is 0.480. The van der Waals surface area contributed by atoms with Gasteiger partial charge in [0.1, 0.15) is 17.1 Å². The number of oxazole rings is 1. The fourth-order valence-corrected chi connectivity index (χ4v) is 9.29. The summed E-state index contributed by atoms with van der Waals surface area (Å²) in [5.41, 5.74) is 1.23. The van der Waals surface area contributed by atoms with Gasteiger partial charge in [-0.3, -0.25) is 9.59 Å². The third-order valence-electron chi connectivity index (χ3n) is 12.6. The highest BCUT2D eigenvalue weighted by Gasteiger charge is 2.45. The number of rotatable bonds is 17. The lowest BCUT2D eigenvalue weighted by molar-refractivity contribution is -0.116. The number of pyridine rings is 1. The van der Waals surface area contributed by atoms with E-state index in [1.807, 2.05) is 60.7 Å². The molecule has 0 saturated heterocycles. The average molecular weight is 894 g/mol. The monoisotopic (exact) mass is 893 g/mol. The van der Waals surface area contributed by atoms with Crippen LogP contribution in [-0.4, -0.2) is 70.6 Å². The Bertz CT molecular complexity index is 2400. The Morgan fingerprint density at radius 1 is 0.938 bits per heavy atom. The predicted molar refractivity (Wildman–Crippen MR) is 253 cm³/mol. The maximum atomic E-state index is 13.4. The van der Waals surface area contributed by atoms with E-state index in [4.69, 9.17) is 13.6 Å². The van der Waals surface area contributed by atoms with Crippen LogP contribution in [0.25, 0.3) is 10.9 Å². The number of phenolic OH excluding ortho intramolecular Hbond substituents is 1. The van der Waals surface area contributed by atoms with Crippen LogP contribution in [0.4, 0.5) is 10.5 Å². The van der Waals surface area contributed by atoms with E-state index in [9.17, 15) is 24.6 Å². The van der Waals surface area contributed by atoms with Crippen LogP contribution in [-0.2, 0) is 32.5 Å². The van der Waals surface area contributed by atoms with E-state index in [0.29, 0.717) is 36.5 Å². The molecule has 1 saturated carbocycles. The molecule has 5 aromatic rings. The maximum absolute atomic E-state index is 13.4. The summed E-state index contributed by atoms with van der Waals surface area (Å²) in [5, 5.41) is 30.0. The molecule has 0 unspecified atom stereocenters. The first-order valence-corrected chi connectivity index (χ1v) is 25.5. The first-order chi connectivity index (χ1) is 30.2. The lowest BCUT2D eigenvalue weighted by atomic mass is 9.73. The number of anilines is 1. The number of fused-ring (bicyclic) bond motifs is 1. The van der Waals surface area contributed by atoms with Crippen molar-refractivity contribution < 1.29 is 33.4 Å². The highest BCUT2D eigenvalue weighted by atomic mass is 28.4. The Hall–Kier alpha value is -5.28. The van der Waals surface area contributed by atoms with Crippen molar-refractivity contribution in [3.05, 3.63) is 124 Å². The number of hydrogen-bond donors (Lipinski definition) is 5. The van der Waals surface area contributed by atoms with E-state index in [0.717, 1.165) is 54.2 Å². The van der Waals surface area contributed by atoms with Crippen LogP contribution in [0.1, 0.15) is 115 Å². The Labute approximate surface area is 378 Å². The van der Waals surface area contributed by atoms with Crippen molar-refractivity contribution in [3.8, 4) is 5.75 Å². The van der Waals surface area contributed by atoms with Crippen LogP contribution in [0.15, 0.2) is 94.3 Å². The molecule has 13 nitrogen and oxygen atoms in total. The lowest BCUT2D eigenvalue weighted by Crippen LogP contribution is -2.43. The molecule has 1 aliphatic rings. The minimum Gasteiger partial charge on any atom is -0.506 e. The van der Waals surface area contributed by atoms with E-state index in [-0.39, 0.29) is 59.7 Å². The summed E-state index contributed by atoms with van der Waals surface area (Å²) in [4.78, 5) is 47.7. The smallest absolute Gasteiger partial charge is 0.410 e. The number of aromatic amines is 1. The Morgan fingerprint density at radius 3 is 2.31 bits per heavy atom. The third-order valence-corrected chi connectivity index (χ3v) is 17.1. The van der Waals surface area contributed by atoms with Gasteiger partial charge in [-0.1, -0.05) is 88.6 Å². The predicted octanol–water partition coefficient (Wildman–Crippen LogP) is 9.70. The molecule has 6 rings (SSSR count). The highest BCUT2D eigenvalue weighted by Crippen LogP contribution is 2.44. The lowest BCUT2D eigenvalue weighted by Gasteiger charge is -2.39. The standard InChI is InChI=1S/C50H67N5O8Si/c1-48(2,3)62-47(59)55(29-27-38-32-52-46(61-38)50(60,35-15-11-9-12-16-35)36-17-13-10-14-18-36)30-28-44(58)53-37-21-19-34(20-22-37)31-51-33-42(63-64(7,8)49(4,5)6)39-23-25-41(56)45-40(39)24-26-43(57)54-45/h9,11-12,15-16,19-26,32,36,42,51,56,60H,10,13-14,17-18,27-31,33H2,1-8H3,(H,53,58)(H,54,57)/t42-,50-/m0/s1. The fourth-order valence-electron chi connectivity index (χ4n) is 8.01. The number of nitrogens with zero attached hydrogens (tertiary/aromatic N) is 2. The second kappa shape index (κ2) is 20.3. The van der Waals surface area contributed by atoms with E-state index in [2.05, 4.69) is 54.5 Å². The van der Waals surface area contributed by atoms with Crippen molar-refractivity contribution in [1.82, 2.24) is 20.2 Å².